The second-order valence-electron chi connectivity index (χ2n) is 8.38. The van der Waals surface area contributed by atoms with E-state index in [1.807, 2.05) is 24.3 Å². The number of carbonyl (C=O) groups is 2. The zero-order chi connectivity index (χ0) is 23.0. The summed E-state index contributed by atoms with van der Waals surface area (Å²) >= 11 is 6.41. The Labute approximate surface area is 193 Å². The number of likely N-dealkylation sites (tertiary alicyclic amines) is 1. The Kier molecular flexibility index (Phi) is 6.05. The number of methoxy groups -OCH3 is 2. The summed E-state index contributed by atoms with van der Waals surface area (Å²) in [5, 5.41) is 3.58. The van der Waals surface area contributed by atoms with Crippen LogP contribution in [-0.2, 0) is 15.1 Å². The Morgan fingerprint density at radius 2 is 2.00 bits per heavy atom. The van der Waals surface area contributed by atoms with E-state index in [4.69, 9.17) is 21.1 Å². The Bertz CT molecular complexity index is 1060. The monoisotopic (exact) mass is 457 g/mol. The van der Waals surface area contributed by atoms with Crippen LogP contribution in [0.2, 0.25) is 5.02 Å². The van der Waals surface area contributed by atoms with Gasteiger partial charge in [-0.2, -0.15) is 0 Å². The van der Waals surface area contributed by atoms with Crippen LogP contribution in [0, 0.1) is 0 Å². The Balaban J connectivity index is 1.98. The molecule has 2 aromatic carbocycles. The van der Waals surface area contributed by atoms with Gasteiger partial charge in [-0.05, 0) is 37.1 Å². The van der Waals surface area contributed by atoms with Gasteiger partial charge in [0.05, 0.1) is 14.2 Å². The molecule has 2 aliphatic heterocycles. The summed E-state index contributed by atoms with van der Waals surface area (Å²) in [5.41, 5.74) is 0.926. The van der Waals surface area contributed by atoms with Crippen molar-refractivity contribution in [3.8, 4) is 11.5 Å². The number of nitrogens with zero attached hydrogens (tertiary/aromatic N) is 2. The highest BCUT2D eigenvalue weighted by atomic mass is 35.5. The lowest BCUT2D eigenvalue weighted by Gasteiger charge is -2.42. The smallest absolute Gasteiger partial charge is 0.254 e. The number of hydrogen-bond donors (Lipinski definition) is 1. The van der Waals surface area contributed by atoms with Crippen molar-refractivity contribution in [3.63, 3.8) is 0 Å². The number of nitrogens with one attached hydrogen (secondary N) is 1. The molecule has 0 radical (unpaired) electrons. The number of hydrogen-bond acceptors (Lipinski definition) is 5. The van der Waals surface area contributed by atoms with Crippen molar-refractivity contribution < 1.29 is 19.1 Å². The molecule has 32 heavy (non-hydrogen) atoms. The van der Waals surface area contributed by atoms with E-state index >= 15 is 0 Å². The fourth-order valence-corrected chi connectivity index (χ4v) is 5.18. The lowest BCUT2D eigenvalue weighted by atomic mass is 9.80. The summed E-state index contributed by atoms with van der Waals surface area (Å²) in [7, 11) is 6.64. The molecule has 170 valence electrons. The summed E-state index contributed by atoms with van der Waals surface area (Å²) in [6.07, 6.45) is 2.02. The second kappa shape index (κ2) is 8.64. The van der Waals surface area contributed by atoms with Crippen LogP contribution >= 0.6 is 11.6 Å². The number of amides is 2. The van der Waals surface area contributed by atoms with Crippen molar-refractivity contribution in [1.29, 1.82) is 0 Å². The fourth-order valence-electron chi connectivity index (χ4n) is 5.01. The quantitative estimate of drug-likeness (QED) is 0.719. The van der Waals surface area contributed by atoms with Crippen LogP contribution < -0.4 is 14.8 Å². The normalized spacial score (nSPS) is 22.4. The number of halogens is 1. The van der Waals surface area contributed by atoms with E-state index in [2.05, 4.69) is 10.2 Å². The number of para-hydroxylation sites is 1. The van der Waals surface area contributed by atoms with Gasteiger partial charge >= 0.3 is 0 Å². The first-order chi connectivity index (χ1) is 15.3. The minimum Gasteiger partial charge on any atom is -0.493 e. The molecule has 0 bridgehead atoms. The second-order valence-corrected chi connectivity index (χ2v) is 8.81. The predicted molar refractivity (Wildman–Crippen MR) is 123 cm³/mol. The highest BCUT2D eigenvalue weighted by Crippen LogP contribution is 2.53. The molecule has 1 fully saturated rings. The molecule has 4 rings (SSSR count). The molecule has 2 heterocycles. The molecule has 8 heteroatoms. The largest absolute Gasteiger partial charge is 0.493 e. The minimum absolute atomic E-state index is 0.0272. The van der Waals surface area contributed by atoms with Gasteiger partial charge in [0.1, 0.15) is 0 Å². The fraction of sp³-hybridized carbons (Fsp3) is 0.417. The van der Waals surface area contributed by atoms with Gasteiger partial charge in [-0.1, -0.05) is 23.7 Å². The van der Waals surface area contributed by atoms with Gasteiger partial charge in [0, 0.05) is 54.9 Å². The van der Waals surface area contributed by atoms with Gasteiger partial charge in [0.2, 0.25) is 5.91 Å². The van der Waals surface area contributed by atoms with E-state index in [1.54, 1.807) is 45.3 Å². The third-order valence-corrected chi connectivity index (χ3v) is 6.69. The van der Waals surface area contributed by atoms with Crippen LogP contribution in [0.1, 0.15) is 30.4 Å². The summed E-state index contributed by atoms with van der Waals surface area (Å²) in [6.45, 7) is 0.658. The Hall–Kier alpha value is -2.77. The number of benzene rings is 2. The molecular formula is C24H28ClN3O4. The number of carbonyl (C=O) groups excluding carboxylic acids is 2. The maximum absolute atomic E-state index is 13.9. The van der Waals surface area contributed by atoms with E-state index in [0.29, 0.717) is 40.7 Å². The van der Waals surface area contributed by atoms with Gasteiger partial charge < -0.3 is 19.7 Å². The molecule has 2 aliphatic rings. The molecule has 1 N–H and O–H groups in total. The van der Waals surface area contributed by atoms with Gasteiger partial charge in [0.15, 0.2) is 17.0 Å². The third kappa shape index (κ3) is 3.40. The molecule has 2 amide bonds. The van der Waals surface area contributed by atoms with E-state index < -0.39 is 5.54 Å². The van der Waals surface area contributed by atoms with Crippen molar-refractivity contribution in [3.05, 3.63) is 52.5 Å². The maximum Gasteiger partial charge on any atom is 0.254 e. The van der Waals surface area contributed by atoms with E-state index in [-0.39, 0.29) is 17.9 Å². The highest BCUT2D eigenvalue weighted by molar-refractivity contribution is 6.31. The van der Waals surface area contributed by atoms with Crippen LogP contribution in [0.5, 0.6) is 11.5 Å². The summed E-state index contributed by atoms with van der Waals surface area (Å²) in [4.78, 5) is 30.3. The molecule has 1 saturated heterocycles. The topological polar surface area (TPSA) is 71.1 Å². The molecule has 0 spiro atoms. The van der Waals surface area contributed by atoms with Gasteiger partial charge in [-0.3, -0.25) is 14.5 Å². The SMILES string of the molecule is COc1cccc(C2(N3CCC[C@H]3CC(=O)N(C)C)C(=O)Nc3ccc(Cl)cc32)c1OC. The third-order valence-electron chi connectivity index (χ3n) is 6.46. The lowest BCUT2D eigenvalue weighted by molar-refractivity contribution is -0.132. The van der Waals surface area contributed by atoms with E-state index in [0.717, 1.165) is 18.4 Å². The van der Waals surface area contributed by atoms with E-state index in [9.17, 15) is 9.59 Å². The molecule has 2 aromatic rings. The Morgan fingerprint density at radius 3 is 2.69 bits per heavy atom. The molecule has 0 aliphatic carbocycles. The molecular weight excluding hydrogens is 430 g/mol. The van der Waals surface area contributed by atoms with Crippen molar-refractivity contribution in [2.75, 3.05) is 40.2 Å². The summed E-state index contributed by atoms with van der Waals surface area (Å²) in [6, 6.07) is 10.8. The van der Waals surface area contributed by atoms with Gasteiger partial charge in [-0.25, -0.2) is 0 Å². The van der Waals surface area contributed by atoms with Gasteiger partial charge in [0.25, 0.3) is 5.91 Å². The van der Waals surface area contributed by atoms with Crippen molar-refractivity contribution >= 4 is 29.1 Å². The number of ether oxygens (including phenoxy) is 2. The van der Waals surface area contributed by atoms with E-state index in [1.165, 1.54) is 0 Å². The molecule has 2 atom stereocenters. The Morgan fingerprint density at radius 1 is 1.22 bits per heavy atom. The van der Waals surface area contributed by atoms with Crippen LogP contribution in [0.25, 0.3) is 0 Å². The zero-order valence-corrected chi connectivity index (χ0v) is 19.5. The first kappa shape index (κ1) is 22.4. The number of rotatable bonds is 6. The maximum atomic E-state index is 13.9. The summed E-state index contributed by atoms with van der Waals surface area (Å²) in [5.74, 6) is 0.861. The van der Waals surface area contributed by atoms with Crippen molar-refractivity contribution in [2.45, 2.75) is 30.8 Å². The van der Waals surface area contributed by atoms with Crippen LogP contribution in [-0.4, -0.2) is 62.5 Å². The van der Waals surface area contributed by atoms with Crippen molar-refractivity contribution in [2.24, 2.45) is 0 Å². The highest BCUT2D eigenvalue weighted by Gasteiger charge is 2.57. The van der Waals surface area contributed by atoms with Gasteiger partial charge in [-0.15, -0.1) is 0 Å². The zero-order valence-electron chi connectivity index (χ0n) is 18.8. The van der Waals surface area contributed by atoms with Crippen LogP contribution in [0.15, 0.2) is 36.4 Å². The first-order valence-corrected chi connectivity index (χ1v) is 11.0. The predicted octanol–water partition coefficient (Wildman–Crippen LogP) is 3.50. The lowest BCUT2D eigenvalue weighted by Crippen LogP contribution is -2.54. The molecule has 1 unspecified atom stereocenters. The number of anilines is 1. The molecule has 0 saturated carbocycles. The number of fused-ring (bicyclic) bond motifs is 1. The minimum atomic E-state index is -1.20. The summed E-state index contributed by atoms with van der Waals surface area (Å²) < 4.78 is 11.3. The molecule has 0 aromatic heterocycles. The van der Waals surface area contributed by atoms with Crippen LogP contribution in [0.3, 0.4) is 0 Å². The van der Waals surface area contributed by atoms with Crippen LogP contribution in [0.4, 0.5) is 5.69 Å². The average Bonchev–Trinajstić information content (AvgIpc) is 3.34. The van der Waals surface area contributed by atoms with Crippen molar-refractivity contribution in [1.82, 2.24) is 9.80 Å². The average molecular weight is 458 g/mol. The standard InChI is InChI=1S/C24H28ClN3O4/c1-27(2)21(29)14-16-7-6-12-28(16)24(17-8-5-9-20(31-3)22(17)32-4)18-13-15(25)10-11-19(18)26-23(24)30/h5,8-11,13,16H,6-7,12,14H2,1-4H3,(H,26,30)/t16-,24?/m0/s1. The first-order valence-electron chi connectivity index (χ1n) is 10.6. The molecule has 7 nitrogen and oxygen atoms in total.